The minimum atomic E-state index is -3.51. The van der Waals surface area contributed by atoms with Crippen LogP contribution in [0.4, 0.5) is 0 Å². The molecule has 2 aromatic heterocycles. The summed E-state index contributed by atoms with van der Waals surface area (Å²) in [7, 11) is -1.92. The predicted octanol–water partition coefficient (Wildman–Crippen LogP) is 2.68. The van der Waals surface area contributed by atoms with Crippen LogP contribution in [0.25, 0.3) is 0 Å². The van der Waals surface area contributed by atoms with Crippen molar-refractivity contribution < 1.29 is 13.5 Å². The molecule has 7 heteroatoms. The number of aliphatic hydroxyl groups excluding tert-OH is 1. The second-order valence-corrected chi connectivity index (χ2v) is 8.26. The molecule has 104 valence electrons. The summed E-state index contributed by atoms with van der Waals surface area (Å²) >= 11 is 2.68. The number of thiophene rings is 2. The zero-order chi connectivity index (χ0) is 14.0. The van der Waals surface area contributed by atoms with Gasteiger partial charge in [0.1, 0.15) is 4.21 Å². The Hall–Kier alpha value is -0.730. The van der Waals surface area contributed by atoms with Gasteiger partial charge in [-0.25, -0.2) is 8.42 Å². The molecule has 1 unspecified atom stereocenters. The van der Waals surface area contributed by atoms with E-state index in [2.05, 4.69) is 0 Å². The Morgan fingerprint density at radius 3 is 2.68 bits per heavy atom. The monoisotopic (exact) mass is 317 g/mol. The third kappa shape index (κ3) is 2.90. The van der Waals surface area contributed by atoms with Crippen molar-refractivity contribution in [1.82, 2.24) is 4.31 Å². The lowest BCUT2D eigenvalue weighted by Crippen LogP contribution is -2.28. The molecule has 0 saturated heterocycles. The summed E-state index contributed by atoms with van der Waals surface area (Å²) in [6.07, 6.45) is 0. The van der Waals surface area contributed by atoms with Gasteiger partial charge in [-0.1, -0.05) is 6.07 Å². The third-order valence-corrected chi connectivity index (χ3v) is 7.38. The number of hydrogen-bond acceptors (Lipinski definition) is 5. The second-order valence-electron chi connectivity index (χ2n) is 4.14. The van der Waals surface area contributed by atoms with Crippen LogP contribution in [0.3, 0.4) is 0 Å². The van der Waals surface area contributed by atoms with Crippen molar-refractivity contribution in [3.8, 4) is 0 Å². The van der Waals surface area contributed by atoms with Gasteiger partial charge in [0, 0.05) is 11.9 Å². The molecular formula is C12H15NO3S3. The molecule has 0 aliphatic carbocycles. The van der Waals surface area contributed by atoms with Crippen LogP contribution in [-0.4, -0.2) is 24.9 Å². The number of nitrogens with zero attached hydrogens (tertiary/aromatic N) is 1. The molecule has 0 spiro atoms. The molecule has 0 fully saturated rings. The Morgan fingerprint density at radius 2 is 2.16 bits per heavy atom. The van der Waals surface area contributed by atoms with Crippen molar-refractivity contribution in [3.63, 3.8) is 0 Å². The van der Waals surface area contributed by atoms with Crippen LogP contribution in [0, 0.1) is 0 Å². The van der Waals surface area contributed by atoms with Gasteiger partial charge in [-0.05, 0) is 35.4 Å². The molecule has 2 heterocycles. The first-order valence-electron chi connectivity index (χ1n) is 5.66. The van der Waals surface area contributed by atoms with Crippen molar-refractivity contribution >= 4 is 32.7 Å². The van der Waals surface area contributed by atoms with Gasteiger partial charge in [0.25, 0.3) is 10.0 Å². The zero-order valence-corrected chi connectivity index (χ0v) is 13.1. The third-order valence-electron chi connectivity index (χ3n) is 2.95. The lowest BCUT2D eigenvalue weighted by atomic mass is 10.3. The SMILES string of the molecule is CC(c1cccs1)N(C)S(=O)(=O)c1cc(CO)cs1. The van der Waals surface area contributed by atoms with Gasteiger partial charge in [-0.2, -0.15) is 4.31 Å². The lowest BCUT2D eigenvalue weighted by molar-refractivity contribution is 0.282. The highest BCUT2D eigenvalue weighted by atomic mass is 32.2. The molecule has 19 heavy (non-hydrogen) atoms. The Kier molecular flexibility index (Phi) is 4.42. The molecule has 4 nitrogen and oxygen atoms in total. The summed E-state index contributed by atoms with van der Waals surface area (Å²) < 4.78 is 26.5. The van der Waals surface area contributed by atoms with Crippen LogP contribution >= 0.6 is 22.7 Å². The van der Waals surface area contributed by atoms with Gasteiger partial charge in [0.15, 0.2) is 0 Å². The summed E-state index contributed by atoms with van der Waals surface area (Å²) in [5, 5.41) is 12.6. The van der Waals surface area contributed by atoms with E-state index in [0.717, 1.165) is 16.2 Å². The Balaban J connectivity index is 2.28. The topological polar surface area (TPSA) is 57.6 Å². The van der Waals surface area contributed by atoms with Crippen LogP contribution in [0.5, 0.6) is 0 Å². The van der Waals surface area contributed by atoms with Gasteiger partial charge < -0.3 is 5.11 Å². The average Bonchev–Trinajstić information content (AvgIpc) is 3.07. The highest BCUT2D eigenvalue weighted by Gasteiger charge is 2.28. The fourth-order valence-electron chi connectivity index (χ4n) is 1.63. The van der Waals surface area contributed by atoms with Crippen LogP contribution in [0.15, 0.2) is 33.2 Å². The molecule has 0 bridgehead atoms. The quantitative estimate of drug-likeness (QED) is 0.922. The molecule has 2 rings (SSSR count). The van der Waals surface area contributed by atoms with Gasteiger partial charge in [0.2, 0.25) is 0 Å². The minimum Gasteiger partial charge on any atom is -0.392 e. The fraction of sp³-hybridized carbons (Fsp3) is 0.333. The molecule has 0 aliphatic heterocycles. The van der Waals surface area contributed by atoms with E-state index in [-0.39, 0.29) is 16.9 Å². The highest BCUT2D eigenvalue weighted by Crippen LogP contribution is 2.31. The second kappa shape index (κ2) is 5.72. The van der Waals surface area contributed by atoms with Crippen molar-refractivity contribution in [2.24, 2.45) is 0 Å². The minimum absolute atomic E-state index is 0.143. The maximum Gasteiger partial charge on any atom is 0.252 e. The van der Waals surface area contributed by atoms with Crippen molar-refractivity contribution in [3.05, 3.63) is 39.4 Å². The van der Waals surface area contributed by atoms with Gasteiger partial charge in [-0.3, -0.25) is 0 Å². The van der Waals surface area contributed by atoms with Crippen LogP contribution in [0.1, 0.15) is 23.4 Å². The smallest absolute Gasteiger partial charge is 0.252 e. The van der Waals surface area contributed by atoms with Crippen molar-refractivity contribution in [2.75, 3.05) is 7.05 Å². The van der Waals surface area contributed by atoms with E-state index in [1.165, 1.54) is 21.7 Å². The van der Waals surface area contributed by atoms with E-state index in [1.54, 1.807) is 12.4 Å². The van der Waals surface area contributed by atoms with Crippen LogP contribution in [0.2, 0.25) is 0 Å². The number of sulfonamides is 1. The molecule has 0 radical (unpaired) electrons. The molecule has 2 aromatic rings. The number of aliphatic hydroxyl groups is 1. The lowest BCUT2D eigenvalue weighted by Gasteiger charge is -2.22. The molecule has 0 amide bonds. The largest absolute Gasteiger partial charge is 0.392 e. The fourth-order valence-corrected chi connectivity index (χ4v) is 5.25. The van der Waals surface area contributed by atoms with E-state index in [1.807, 2.05) is 24.4 Å². The van der Waals surface area contributed by atoms with Crippen molar-refractivity contribution in [1.29, 1.82) is 0 Å². The molecule has 0 saturated carbocycles. The van der Waals surface area contributed by atoms with E-state index >= 15 is 0 Å². The Labute approximate surface area is 121 Å². The summed E-state index contributed by atoms with van der Waals surface area (Å²) in [5.41, 5.74) is 0.626. The molecule has 1 atom stereocenters. The van der Waals surface area contributed by atoms with E-state index in [0.29, 0.717) is 5.56 Å². The molecule has 0 aliphatic rings. The highest BCUT2D eigenvalue weighted by molar-refractivity contribution is 7.91. The predicted molar refractivity (Wildman–Crippen MR) is 77.9 cm³/mol. The standard InChI is InChI=1S/C12H15NO3S3/c1-9(11-4-3-5-17-11)13(2)19(15,16)12-6-10(7-14)8-18-12/h3-6,8-9,14H,7H2,1-2H3. The maximum atomic E-state index is 12.5. The molecule has 0 aromatic carbocycles. The summed E-state index contributed by atoms with van der Waals surface area (Å²) in [5.74, 6) is 0. The normalized spacial score (nSPS) is 13.9. The van der Waals surface area contributed by atoms with E-state index in [4.69, 9.17) is 5.11 Å². The van der Waals surface area contributed by atoms with Gasteiger partial charge in [0.05, 0.1) is 12.6 Å². The first kappa shape index (κ1) is 14.7. The maximum absolute atomic E-state index is 12.5. The van der Waals surface area contributed by atoms with Gasteiger partial charge in [-0.15, -0.1) is 22.7 Å². The van der Waals surface area contributed by atoms with Crippen molar-refractivity contribution in [2.45, 2.75) is 23.8 Å². The van der Waals surface area contributed by atoms with Crippen LogP contribution < -0.4 is 0 Å². The Morgan fingerprint density at radius 1 is 1.42 bits per heavy atom. The first-order chi connectivity index (χ1) is 8.96. The van der Waals surface area contributed by atoms with Gasteiger partial charge >= 0.3 is 0 Å². The Bertz CT molecular complexity index is 631. The number of rotatable bonds is 5. The summed E-state index contributed by atoms with van der Waals surface area (Å²) in [6, 6.07) is 5.16. The summed E-state index contributed by atoms with van der Waals surface area (Å²) in [6.45, 7) is 1.72. The number of hydrogen-bond donors (Lipinski definition) is 1. The van der Waals surface area contributed by atoms with Crippen LogP contribution in [-0.2, 0) is 16.6 Å². The first-order valence-corrected chi connectivity index (χ1v) is 8.86. The summed E-state index contributed by atoms with van der Waals surface area (Å²) in [4.78, 5) is 1.00. The molecule has 1 N–H and O–H groups in total. The molecular weight excluding hydrogens is 302 g/mol. The van der Waals surface area contributed by atoms with E-state index < -0.39 is 10.0 Å². The van der Waals surface area contributed by atoms with E-state index in [9.17, 15) is 8.42 Å². The zero-order valence-electron chi connectivity index (χ0n) is 10.6. The average molecular weight is 317 g/mol.